The fourth-order valence-corrected chi connectivity index (χ4v) is 2.23. The normalized spacial score (nSPS) is 12.1. The van der Waals surface area contributed by atoms with Gasteiger partial charge in [-0.15, -0.1) is 0 Å². The van der Waals surface area contributed by atoms with Crippen LogP contribution in [0.3, 0.4) is 0 Å². The largest absolute Gasteiger partial charge is 0.381 e. The molecule has 0 aliphatic carbocycles. The van der Waals surface area contributed by atoms with Gasteiger partial charge in [0.2, 0.25) is 0 Å². The van der Waals surface area contributed by atoms with Gasteiger partial charge < -0.3 is 10.6 Å². The van der Waals surface area contributed by atoms with Crippen LogP contribution in [0.2, 0.25) is 0 Å². The monoisotopic (exact) mass is 288 g/mol. The minimum atomic E-state index is -0.760. The molecule has 1 aromatic carbocycles. The number of hydrogen-bond donors (Lipinski definition) is 2. The van der Waals surface area contributed by atoms with Crippen LogP contribution in [-0.4, -0.2) is 30.5 Å². The molecular formula is C13H18F2N2OS. The molecule has 0 radical (unpaired) electrons. The van der Waals surface area contributed by atoms with Crippen molar-refractivity contribution in [3.63, 3.8) is 0 Å². The standard InChI is InChI=1S/C13H18F2N2OS/c1-4-16-12-10(14)5-9(6-11(12)15)13(18)17-8(2)7-19-3/h5-6,8,16H,4,7H2,1-3H3,(H,17,18). The third kappa shape index (κ3) is 4.38. The van der Waals surface area contributed by atoms with Gasteiger partial charge >= 0.3 is 0 Å². The lowest BCUT2D eigenvalue weighted by molar-refractivity contribution is 0.0943. The van der Waals surface area contributed by atoms with Gasteiger partial charge in [-0.3, -0.25) is 4.79 Å². The number of nitrogens with one attached hydrogen (secondary N) is 2. The molecule has 0 saturated carbocycles. The van der Waals surface area contributed by atoms with E-state index in [1.165, 1.54) is 0 Å². The van der Waals surface area contributed by atoms with E-state index < -0.39 is 17.5 Å². The molecule has 0 spiro atoms. The molecule has 0 aliphatic rings. The van der Waals surface area contributed by atoms with Gasteiger partial charge in [0.25, 0.3) is 5.91 Å². The second-order valence-electron chi connectivity index (χ2n) is 4.18. The number of thioether (sulfide) groups is 1. The zero-order chi connectivity index (χ0) is 14.4. The van der Waals surface area contributed by atoms with Crippen molar-refractivity contribution in [1.82, 2.24) is 5.32 Å². The average molecular weight is 288 g/mol. The number of halogens is 2. The number of rotatable bonds is 6. The molecule has 2 N–H and O–H groups in total. The summed E-state index contributed by atoms with van der Waals surface area (Å²) in [7, 11) is 0. The number of benzene rings is 1. The Bertz CT molecular complexity index is 431. The first-order valence-corrected chi connectivity index (χ1v) is 7.41. The predicted molar refractivity (Wildman–Crippen MR) is 75.8 cm³/mol. The van der Waals surface area contributed by atoms with E-state index in [0.717, 1.165) is 17.9 Å². The molecule has 3 nitrogen and oxygen atoms in total. The molecule has 0 saturated heterocycles. The van der Waals surface area contributed by atoms with Gasteiger partial charge in [0, 0.05) is 23.9 Å². The lowest BCUT2D eigenvalue weighted by Crippen LogP contribution is -2.34. The summed E-state index contributed by atoms with van der Waals surface area (Å²) in [5, 5.41) is 5.28. The molecule has 1 amide bonds. The van der Waals surface area contributed by atoms with Crippen LogP contribution in [0.1, 0.15) is 24.2 Å². The number of hydrogen-bond acceptors (Lipinski definition) is 3. The molecule has 1 rings (SSSR count). The van der Waals surface area contributed by atoms with E-state index in [4.69, 9.17) is 0 Å². The quantitative estimate of drug-likeness (QED) is 0.845. The summed E-state index contributed by atoms with van der Waals surface area (Å²) in [6.07, 6.45) is 1.92. The molecule has 0 bridgehead atoms. The van der Waals surface area contributed by atoms with Crippen LogP contribution in [0.15, 0.2) is 12.1 Å². The number of carbonyl (C=O) groups excluding carboxylic acids is 1. The lowest BCUT2D eigenvalue weighted by Gasteiger charge is -2.13. The zero-order valence-electron chi connectivity index (χ0n) is 11.2. The second kappa shape index (κ2) is 7.33. The third-order valence-corrected chi connectivity index (χ3v) is 3.29. The average Bonchev–Trinajstić information content (AvgIpc) is 2.33. The first-order valence-electron chi connectivity index (χ1n) is 6.02. The first kappa shape index (κ1) is 15.8. The summed E-state index contributed by atoms with van der Waals surface area (Å²) in [4.78, 5) is 11.8. The maximum atomic E-state index is 13.7. The molecule has 1 aromatic rings. The SMILES string of the molecule is CCNc1c(F)cc(C(=O)NC(C)CSC)cc1F. The number of anilines is 1. The number of amides is 1. The van der Waals surface area contributed by atoms with Gasteiger partial charge in [-0.05, 0) is 32.2 Å². The zero-order valence-corrected chi connectivity index (χ0v) is 12.0. The number of carbonyl (C=O) groups is 1. The Labute approximate surface area is 116 Å². The smallest absolute Gasteiger partial charge is 0.251 e. The Hall–Kier alpha value is -1.30. The summed E-state index contributed by atoms with van der Waals surface area (Å²) >= 11 is 1.59. The molecular weight excluding hydrogens is 270 g/mol. The highest BCUT2D eigenvalue weighted by Gasteiger charge is 2.16. The van der Waals surface area contributed by atoms with Crippen LogP contribution in [0.5, 0.6) is 0 Å². The highest BCUT2D eigenvalue weighted by molar-refractivity contribution is 7.98. The van der Waals surface area contributed by atoms with Crippen LogP contribution >= 0.6 is 11.8 Å². The van der Waals surface area contributed by atoms with Crippen molar-refractivity contribution in [2.45, 2.75) is 19.9 Å². The van der Waals surface area contributed by atoms with E-state index in [1.807, 2.05) is 13.2 Å². The summed E-state index contributed by atoms with van der Waals surface area (Å²) in [6.45, 7) is 3.99. The van der Waals surface area contributed by atoms with Crippen molar-refractivity contribution in [3.05, 3.63) is 29.3 Å². The highest BCUT2D eigenvalue weighted by atomic mass is 32.2. The van der Waals surface area contributed by atoms with Crippen LogP contribution in [-0.2, 0) is 0 Å². The van der Waals surface area contributed by atoms with Gasteiger partial charge in [-0.2, -0.15) is 11.8 Å². The van der Waals surface area contributed by atoms with Gasteiger partial charge in [-0.25, -0.2) is 8.78 Å². The minimum absolute atomic E-state index is 0.00962. The summed E-state index contributed by atoms with van der Waals surface area (Å²) in [5.41, 5.74) is -0.208. The lowest BCUT2D eigenvalue weighted by atomic mass is 10.1. The molecule has 0 aliphatic heterocycles. The predicted octanol–water partition coefficient (Wildman–Crippen LogP) is 2.88. The summed E-state index contributed by atoms with van der Waals surface area (Å²) in [5.74, 6) is -1.25. The Balaban J connectivity index is 2.87. The Kier molecular flexibility index (Phi) is 6.08. The fraction of sp³-hybridized carbons (Fsp3) is 0.462. The molecule has 19 heavy (non-hydrogen) atoms. The van der Waals surface area contributed by atoms with E-state index in [9.17, 15) is 13.6 Å². The molecule has 1 atom stereocenters. The molecule has 0 fully saturated rings. The van der Waals surface area contributed by atoms with Crippen LogP contribution < -0.4 is 10.6 Å². The Morgan fingerprint density at radius 1 is 1.37 bits per heavy atom. The van der Waals surface area contributed by atoms with Crippen molar-refractivity contribution in [2.75, 3.05) is 23.9 Å². The van der Waals surface area contributed by atoms with E-state index in [2.05, 4.69) is 10.6 Å². The van der Waals surface area contributed by atoms with E-state index in [1.54, 1.807) is 18.7 Å². The van der Waals surface area contributed by atoms with Gasteiger partial charge in [0.1, 0.15) is 17.3 Å². The molecule has 0 heterocycles. The van der Waals surface area contributed by atoms with Crippen molar-refractivity contribution in [2.24, 2.45) is 0 Å². The second-order valence-corrected chi connectivity index (χ2v) is 5.09. The Morgan fingerprint density at radius 3 is 2.42 bits per heavy atom. The third-order valence-electron chi connectivity index (χ3n) is 2.45. The van der Waals surface area contributed by atoms with Crippen LogP contribution in [0, 0.1) is 11.6 Å². The first-order chi connectivity index (χ1) is 8.99. The summed E-state index contributed by atoms with van der Waals surface area (Å²) < 4.78 is 27.3. The van der Waals surface area contributed by atoms with Crippen LogP contribution in [0.4, 0.5) is 14.5 Å². The fourth-order valence-electron chi connectivity index (χ4n) is 1.65. The van der Waals surface area contributed by atoms with E-state index >= 15 is 0 Å². The molecule has 1 unspecified atom stereocenters. The van der Waals surface area contributed by atoms with Crippen molar-refractivity contribution in [3.8, 4) is 0 Å². The van der Waals surface area contributed by atoms with Crippen molar-refractivity contribution in [1.29, 1.82) is 0 Å². The molecule has 6 heteroatoms. The van der Waals surface area contributed by atoms with E-state index in [0.29, 0.717) is 6.54 Å². The van der Waals surface area contributed by atoms with Gasteiger partial charge in [0.05, 0.1) is 0 Å². The maximum Gasteiger partial charge on any atom is 0.251 e. The Morgan fingerprint density at radius 2 is 1.95 bits per heavy atom. The summed E-state index contributed by atoms with van der Waals surface area (Å²) in [6, 6.07) is 2.03. The molecule has 106 valence electrons. The van der Waals surface area contributed by atoms with Gasteiger partial charge in [0.15, 0.2) is 0 Å². The van der Waals surface area contributed by atoms with Crippen molar-refractivity contribution < 1.29 is 13.6 Å². The van der Waals surface area contributed by atoms with E-state index in [-0.39, 0.29) is 17.3 Å². The topological polar surface area (TPSA) is 41.1 Å². The minimum Gasteiger partial charge on any atom is -0.381 e. The van der Waals surface area contributed by atoms with Gasteiger partial charge in [-0.1, -0.05) is 0 Å². The van der Waals surface area contributed by atoms with Crippen molar-refractivity contribution >= 4 is 23.4 Å². The van der Waals surface area contributed by atoms with Crippen LogP contribution in [0.25, 0.3) is 0 Å². The molecule has 0 aromatic heterocycles. The highest BCUT2D eigenvalue weighted by Crippen LogP contribution is 2.20. The maximum absolute atomic E-state index is 13.7.